The Labute approximate surface area is 183 Å². The summed E-state index contributed by atoms with van der Waals surface area (Å²) in [6.07, 6.45) is 1.69. The van der Waals surface area contributed by atoms with Crippen molar-refractivity contribution in [1.82, 2.24) is 5.32 Å². The minimum atomic E-state index is -3.52. The summed E-state index contributed by atoms with van der Waals surface area (Å²) in [6.45, 7) is 2.73. The van der Waals surface area contributed by atoms with E-state index in [4.69, 9.17) is 21.1 Å². The molecule has 0 saturated heterocycles. The van der Waals surface area contributed by atoms with Crippen LogP contribution in [0.25, 0.3) is 0 Å². The highest BCUT2D eigenvalue weighted by atomic mass is 35.5. The summed E-state index contributed by atoms with van der Waals surface area (Å²) in [5, 5.41) is 3.39. The van der Waals surface area contributed by atoms with Crippen LogP contribution in [0.15, 0.2) is 42.5 Å². The molecule has 2 aromatic rings. The fourth-order valence-electron chi connectivity index (χ4n) is 2.80. The van der Waals surface area contributed by atoms with Gasteiger partial charge in [0.1, 0.15) is 18.1 Å². The second-order valence-electron chi connectivity index (χ2n) is 6.72. The Morgan fingerprint density at radius 1 is 1.20 bits per heavy atom. The number of aryl methyl sites for hydroxylation is 1. The molecule has 0 aromatic heterocycles. The molecule has 30 heavy (non-hydrogen) atoms. The lowest BCUT2D eigenvalue weighted by atomic mass is 10.2. The minimum absolute atomic E-state index is 0.172. The molecule has 1 N–H and O–H groups in total. The van der Waals surface area contributed by atoms with Gasteiger partial charge in [-0.3, -0.25) is 9.10 Å². The van der Waals surface area contributed by atoms with Gasteiger partial charge in [-0.2, -0.15) is 0 Å². The van der Waals surface area contributed by atoms with E-state index in [0.29, 0.717) is 41.8 Å². The number of anilines is 1. The monoisotopic (exact) mass is 454 g/mol. The van der Waals surface area contributed by atoms with Crippen LogP contribution in [0.4, 0.5) is 5.69 Å². The number of halogens is 1. The average molecular weight is 455 g/mol. The Morgan fingerprint density at radius 2 is 1.93 bits per heavy atom. The summed E-state index contributed by atoms with van der Waals surface area (Å²) in [6, 6.07) is 12.3. The highest BCUT2D eigenvalue weighted by Gasteiger charge is 2.20. The highest BCUT2D eigenvalue weighted by Crippen LogP contribution is 2.29. The molecule has 7 nitrogen and oxygen atoms in total. The Kier molecular flexibility index (Phi) is 8.80. The van der Waals surface area contributed by atoms with Gasteiger partial charge in [0, 0.05) is 18.0 Å². The molecule has 9 heteroatoms. The third kappa shape index (κ3) is 7.11. The van der Waals surface area contributed by atoms with E-state index in [9.17, 15) is 13.2 Å². The number of ether oxygens (including phenoxy) is 2. The SMILES string of the molecule is COc1ccccc1N(CCCC(=O)NCCOc1ccc(C)c(Cl)c1)S(C)(=O)=O. The molecule has 0 unspecified atom stereocenters. The van der Waals surface area contributed by atoms with Gasteiger partial charge in [0.25, 0.3) is 0 Å². The van der Waals surface area contributed by atoms with E-state index in [-0.39, 0.29) is 18.9 Å². The van der Waals surface area contributed by atoms with Gasteiger partial charge in [-0.1, -0.05) is 29.8 Å². The van der Waals surface area contributed by atoms with Crippen LogP contribution in [0, 0.1) is 6.92 Å². The maximum atomic E-state index is 12.2. The maximum absolute atomic E-state index is 12.2. The first-order valence-corrected chi connectivity index (χ1v) is 11.7. The lowest BCUT2D eigenvalue weighted by Gasteiger charge is -2.24. The van der Waals surface area contributed by atoms with Crippen LogP contribution in [0.1, 0.15) is 18.4 Å². The first kappa shape index (κ1) is 23.8. The quantitative estimate of drug-likeness (QED) is 0.526. The smallest absolute Gasteiger partial charge is 0.232 e. The minimum Gasteiger partial charge on any atom is -0.495 e. The number of sulfonamides is 1. The van der Waals surface area contributed by atoms with Crippen molar-refractivity contribution in [2.24, 2.45) is 0 Å². The van der Waals surface area contributed by atoms with Gasteiger partial charge in [0.05, 0.1) is 25.6 Å². The van der Waals surface area contributed by atoms with Gasteiger partial charge in [-0.15, -0.1) is 0 Å². The summed E-state index contributed by atoms with van der Waals surface area (Å²) in [7, 11) is -2.03. The molecule has 0 aliphatic carbocycles. The van der Waals surface area contributed by atoms with Crippen molar-refractivity contribution >= 4 is 33.2 Å². The number of amides is 1. The number of para-hydroxylation sites is 2. The molecule has 0 saturated carbocycles. The zero-order chi connectivity index (χ0) is 22.1. The van der Waals surface area contributed by atoms with Crippen LogP contribution in [0.3, 0.4) is 0 Å². The summed E-state index contributed by atoms with van der Waals surface area (Å²) in [5.41, 5.74) is 1.42. The number of carbonyl (C=O) groups is 1. The third-order valence-electron chi connectivity index (χ3n) is 4.36. The van der Waals surface area contributed by atoms with E-state index in [1.165, 1.54) is 11.4 Å². The summed E-state index contributed by atoms with van der Waals surface area (Å²) in [4.78, 5) is 12.1. The van der Waals surface area contributed by atoms with Crippen LogP contribution in [-0.2, 0) is 14.8 Å². The standard InChI is InChI=1S/C21H27ClN2O5S/c1-16-10-11-17(15-18(16)22)29-14-12-23-21(25)9-6-13-24(30(3,26)27)19-7-4-5-8-20(19)28-2/h4-5,7-8,10-11,15H,6,9,12-14H2,1-3H3,(H,23,25). The predicted octanol–water partition coefficient (Wildman–Crippen LogP) is 3.40. The van der Waals surface area contributed by atoms with Crippen molar-refractivity contribution in [1.29, 1.82) is 0 Å². The van der Waals surface area contributed by atoms with E-state index < -0.39 is 10.0 Å². The van der Waals surface area contributed by atoms with Gasteiger partial charge < -0.3 is 14.8 Å². The molecule has 0 bridgehead atoms. The Hall–Kier alpha value is -2.45. The maximum Gasteiger partial charge on any atom is 0.232 e. The number of hydrogen-bond donors (Lipinski definition) is 1. The van der Waals surface area contributed by atoms with Crippen LogP contribution in [0.2, 0.25) is 5.02 Å². The molecular formula is C21H27ClN2O5S. The first-order valence-electron chi connectivity index (χ1n) is 9.48. The van der Waals surface area contributed by atoms with Gasteiger partial charge in [-0.25, -0.2) is 8.42 Å². The Bertz CT molecular complexity index is 966. The number of rotatable bonds is 11. The molecule has 164 valence electrons. The number of methoxy groups -OCH3 is 1. The van der Waals surface area contributed by atoms with Crippen molar-refractivity contribution in [2.75, 3.05) is 37.4 Å². The molecule has 0 radical (unpaired) electrons. The van der Waals surface area contributed by atoms with E-state index in [1.807, 2.05) is 19.1 Å². The lowest BCUT2D eigenvalue weighted by molar-refractivity contribution is -0.121. The molecule has 2 aromatic carbocycles. The number of nitrogens with zero attached hydrogens (tertiary/aromatic N) is 1. The molecule has 2 rings (SSSR count). The highest BCUT2D eigenvalue weighted by molar-refractivity contribution is 7.92. The fraction of sp³-hybridized carbons (Fsp3) is 0.381. The molecule has 0 fully saturated rings. The van der Waals surface area contributed by atoms with Crippen molar-refractivity contribution in [3.05, 3.63) is 53.1 Å². The van der Waals surface area contributed by atoms with E-state index in [1.54, 1.807) is 30.3 Å². The van der Waals surface area contributed by atoms with Crippen molar-refractivity contribution in [3.63, 3.8) is 0 Å². The Balaban J connectivity index is 1.79. The molecule has 0 atom stereocenters. The topological polar surface area (TPSA) is 84.9 Å². The zero-order valence-corrected chi connectivity index (χ0v) is 18.9. The Morgan fingerprint density at radius 3 is 2.60 bits per heavy atom. The first-order chi connectivity index (χ1) is 14.2. The van der Waals surface area contributed by atoms with E-state index in [0.717, 1.165) is 11.8 Å². The van der Waals surface area contributed by atoms with E-state index in [2.05, 4.69) is 5.32 Å². The van der Waals surface area contributed by atoms with Crippen LogP contribution >= 0.6 is 11.6 Å². The second-order valence-corrected chi connectivity index (χ2v) is 9.03. The van der Waals surface area contributed by atoms with Gasteiger partial charge >= 0.3 is 0 Å². The van der Waals surface area contributed by atoms with Crippen molar-refractivity contribution < 1.29 is 22.7 Å². The van der Waals surface area contributed by atoms with Crippen LogP contribution in [-0.4, -0.2) is 47.4 Å². The number of hydrogen-bond acceptors (Lipinski definition) is 5. The molecule has 0 heterocycles. The molecule has 1 amide bonds. The van der Waals surface area contributed by atoms with Crippen LogP contribution < -0.4 is 19.1 Å². The van der Waals surface area contributed by atoms with Crippen LogP contribution in [0.5, 0.6) is 11.5 Å². The van der Waals surface area contributed by atoms with Crippen molar-refractivity contribution in [2.45, 2.75) is 19.8 Å². The van der Waals surface area contributed by atoms with Crippen molar-refractivity contribution in [3.8, 4) is 11.5 Å². The average Bonchev–Trinajstić information content (AvgIpc) is 2.70. The van der Waals surface area contributed by atoms with Gasteiger partial charge in [0.2, 0.25) is 15.9 Å². The number of carbonyl (C=O) groups excluding carboxylic acids is 1. The van der Waals surface area contributed by atoms with Gasteiger partial charge in [-0.05, 0) is 43.2 Å². The summed E-state index contributed by atoms with van der Waals surface area (Å²) < 4.78 is 36.5. The molecule has 0 aliphatic rings. The third-order valence-corrected chi connectivity index (χ3v) is 5.94. The molecule has 0 aliphatic heterocycles. The summed E-state index contributed by atoms with van der Waals surface area (Å²) in [5.74, 6) is 0.926. The molecule has 0 spiro atoms. The lowest BCUT2D eigenvalue weighted by Crippen LogP contribution is -2.33. The largest absolute Gasteiger partial charge is 0.495 e. The predicted molar refractivity (Wildman–Crippen MR) is 119 cm³/mol. The number of nitrogens with one attached hydrogen (secondary N) is 1. The second kappa shape index (κ2) is 11.1. The molecular weight excluding hydrogens is 428 g/mol. The normalized spacial score (nSPS) is 11.1. The fourth-order valence-corrected chi connectivity index (χ4v) is 3.93. The number of benzene rings is 2. The van der Waals surface area contributed by atoms with Gasteiger partial charge in [0.15, 0.2) is 0 Å². The summed E-state index contributed by atoms with van der Waals surface area (Å²) >= 11 is 6.05. The van der Waals surface area contributed by atoms with E-state index >= 15 is 0 Å². The zero-order valence-electron chi connectivity index (χ0n) is 17.4.